The predicted octanol–water partition coefficient (Wildman–Crippen LogP) is 2.14. The van der Waals surface area contributed by atoms with Crippen LogP contribution in [0.1, 0.15) is 32.2 Å². The van der Waals surface area contributed by atoms with E-state index in [1.807, 2.05) is 0 Å². The van der Waals surface area contributed by atoms with Crippen LogP contribution in [0.5, 0.6) is 5.75 Å². The molecule has 0 spiro atoms. The molecule has 96 valence electrons. The van der Waals surface area contributed by atoms with Crippen molar-refractivity contribution in [3.05, 3.63) is 53.0 Å². The Morgan fingerprint density at radius 3 is 2.63 bits per heavy atom. The van der Waals surface area contributed by atoms with E-state index in [0.29, 0.717) is 12.2 Å². The third-order valence-corrected chi connectivity index (χ3v) is 2.99. The number of carboxylic acids is 1. The van der Waals surface area contributed by atoms with Gasteiger partial charge in [0.1, 0.15) is 5.75 Å². The predicted molar refractivity (Wildman–Crippen MR) is 64.7 cm³/mol. The van der Waals surface area contributed by atoms with Crippen LogP contribution in [0.25, 0.3) is 0 Å². The van der Waals surface area contributed by atoms with Gasteiger partial charge in [-0.05, 0) is 35.9 Å². The van der Waals surface area contributed by atoms with Crippen LogP contribution >= 0.6 is 0 Å². The standard InChI is InChI=1S/C14H10O5/c15-13(11-3-4-12(19-11)14(16)17)9-1-2-10-8(7-9)5-6-18-10/h1-4,7H,5-6H2,(H,16,17). The third kappa shape index (κ3) is 1.99. The average Bonchev–Trinajstić information content (AvgIpc) is 3.06. The fourth-order valence-electron chi connectivity index (χ4n) is 2.04. The Balaban J connectivity index is 1.92. The van der Waals surface area contributed by atoms with Crippen LogP contribution in [-0.4, -0.2) is 23.5 Å². The smallest absolute Gasteiger partial charge is 0.371 e. The molecule has 0 saturated carbocycles. The molecule has 0 radical (unpaired) electrons. The van der Waals surface area contributed by atoms with Crippen molar-refractivity contribution in [2.24, 2.45) is 0 Å². The highest BCUT2D eigenvalue weighted by Crippen LogP contribution is 2.27. The fraction of sp³-hybridized carbons (Fsp3) is 0.143. The van der Waals surface area contributed by atoms with Crippen molar-refractivity contribution in [3.8, 4) is 5.75 Å². The van der Waals surface area contributed by atoms with Gasteiger partial charge < -0.3 is 14.3 Å². The van der Waals surface area contributed by atoms with Gasteiger partial charge in [-0.25, -0.2) is 4.79 Å². The third-order valence-electron chi connectivity index (χ3n) is 2.99. The number of carbonyl (C=O) groups excluding carboxylic acids is 1. The topological polar surface area (TPSA) is 76.7 Å². The molecule has 0 atom stereocenters. The van der Waals surface area contributed by atoms with E-state index in [0.717, 1.165) is 17.7 Å². The van der Waals surface area contributed by atoms with Gasteiger partial charge in [0.2, 0.25) is 11.5 Å². The van der Waals surface area contributed by atoms with Crippen molar-refractivity contribution in [2.75, 3.05) is 6.61 Å². The fourth-order valence-corrected chi connectivity index (χ4v) is 2.04. The van der Waals surface area contributed by atoms with E-state index in [1.165, 1.54) is 12.1 Å². The highest BCUT2D eigenvalue weighted by atomic mass is 16.5. The maximum absolute atomic E-state index is 12.2. The summed E-state index contributed by atoms with van der Waals surface area (Å²) in [4.78, 5) is 22.9. The van der Waals surface area contributed by atoms with Crippen LogP contribution in [-0.2, 0) is 6.42 Å². The zero-order valence-electron chi connectivity index (χ0n) is 9.88. The Labute approximate surface area is 108 Å². The summed E-state index contributed by atoms with van der Waals surface area (Å²) in [5.74, 6) is -0.949. The molecule has 0 saturated heterocycles. The molecule has 1 N–H and O–H groups in total. The van der Waals surface area contributed by atoms with Crippen molar-refractivity contribution in [2.45, 2.75) is 6.42 Å². The van der Waals surface area contributed by atoms with Crippen LogP contribution in [0.2, 0.25) is 0 Å². The maximum Gasteiger partial charge on any atom is 0.371 e. The zero-order valence-corrected chi connectivity index (χ0v) is 9.88. The largest absolute Gasteiger partial charge is 0.493 e. The minimum atomic E-state index is -1.19. The van der Waals surface area contributed by atoms with E-state index in [4.69, 9.17) is 14.3 Å². The molecule has 2 heterocycles. The molecule has 1 aromatic heterocycles. The molecule has 2 aromatic rings. The summed E-state index contributed by atoms with van der Waals surface area (Å²) in [6, 6.07) is 7.79. The van der Waals surface area contributed by atoms with Crippen molar-refractivity contribution in [3.63, 3.8) is 0 Å². The summed E-state index contributed by atoms with van der Waals surface area (Å²) in [6.45, 7) is 0.622. The Morgan fingerprint density at radius 2 is 1.89 bits per heavy atom. The number of carbonyl (C=O) groups is 2. The molecule has 0 amide bonds. The zero-order chi connectivity index (χ0) is 13.4. The van der Waals surface area contributed by atoms with Crippen molar-refractivity contribution in [1.29, 1.82) is 0 Å². The summed E-state index contributed by atoms with van der Waals surface area (Å²) in [6.07, 6.45) is 0.773. The first kappa shape index (κ1) is 11.5. The molecule has 0 fully saturated rings. The van der Waals surface area contributed by atoms with Crippen LogP contribution in [0.3, 0.4) is 0 Å². The molecule has 0 aliphatic carbocycles. The summed E-state index contributed by atoms with van der Waals surface area (Å²) in [7, 11) is 0. The molecule has 1 aromatic carbocycles. The van der Waals surface area contributed by atoms with Gasteiger partial charge in [0.05, 0.1) is 6.61 Å². The Bertz CT molecular complexity index is 668. The van der Waals surface area contributed by atoms with E-state index >= 15 is 0 Å². The number of hydrogen-bond acceptors (Lipinski definition) is 4. The lowest BCUT2D eigenvalue weighted by Crippen LogP contribution is -2.00. The number of benzene rings is 1. The van der Waals surface area contributed by atoms with Gasteiger partial charge in [-0.15, -0.1) is 0 Å². The number of carboxylic acid groups (broad SMARTS) is 1. The molecule has 5 heteroatoms. The lowest BCUT2D eigenvalue weighted by Gasteiger charge is -2.01. The number of ether oxygens (including phenoxy) is 1. The van der Waals surface area contributed by atoms with Gasteiger partial charge in [-0.2, -0.15) is 0 Å². The van der Waals surface area contributed by atoms with Gasteiger partial charge in [0.15, 0.2) is 5.76 Å². The molecule has 0 bridgehead atoms. The quantitative estimate of drug-likeness (QED) is 0.853. The average molecular weight is 258 g/mol. The van der Waals surface area contributed by atoms with E-state index in [2.05, 4.69) is 0 Å². The first-order chi connectivity index (χ1) is 9.15. The lowest BCUT2D eigenvalue weighted by molar-refractivity contribution is 0.0660. The van der Waals surface area contributed by atoms with E-state index in [1.54, 1.807) is 18.2 Å². The molecule has 19 heavy (non-hydrogen) atoms. The minimum Gasteiger partial charge on any atom is -0.493 e. The second kappa shape index (κ2) is 4.28. The van der Waals surface area contributed by atoms with Crippen LogP contribution < -0.4 is 4.74 Å². The summed E-state index contributed by atoms with van der Waals surface area (Å²) >= 11 is 0. The first-order valence-corrected chi connectivity index (χ1v) is 5.79. The molecule has 5 nitrogen and oxygen atoms in total. The number of furan rings is 1. The van der Waals surface area contributed by atoms with Gasteiger partial charge in [-0.1, -0.05) is 0 Å². The van der Waals surface area contributed by atoms with Crippen LogP contribution in [0.4, 0.5) is 0 Å². The minimum absolute atomic E-state index is 0.0243. The normalized spacial score (nSPS) is 12.8. The summed E-state index contributed by atoms with van der Waals surface area (Å²) in [5.41, 5.74) is 1.45. The number of ketones is 1. The molecule has 0 unspecified atom stereocenters. The van der Waals surface area contributed by atoms with Gasteiger partial charge >= 0.3 is 5.97 Å². The Kier molecular flexibility index (Phi) is 2.59. The van der Waals surface area contributed by atoms with Gasteiger partial charge in [0.25, 0.3) is 0 Å². The molecule has 1 aliphatic heterocycles. The van der Waals surface area contributed by atoms with E-state index in [-0.39, 0.29) is 17.3 Å². The van der Waals surface area contributed by atoms with E-state index < -0.39 is 5.97 Å². The van der Waals surface area contributed by atoms with Crippen LogP contribution in [0.15, 0.2) is 34.7 Å². The van der Waals surface area contributed by atoms with Crippen molar-refractivity contribution >= 4 is 11.8 Å². The SMILES string of the molecule is O=C(O)c1ccc(C(=O)c2ccc3c(c2)CCO3)o1. The second-order valence-corrected chi connectivity index (χ2v) is 4.22. The number of rotatable bonds is 3. The Hall–Kier alpha value is -2.56. The van der Waals surface area contributed by atoms with Crippen LogP contribution in [0, 0.1) is 0 Å². The number of fused-ring (bicyclic) bond motifs is 1. The van der Waals surface area contributed by atoms with E-state index in [9.17, 15) is 9.59 Å². The lowest BCUT2D eigenvalue weighted by atomic mass is 10.0. The maximum atomic E-state index is 12.2. The summed E-state index contributed by atoms with van der Waals surface area (Å²) < 4.78 is 10.4. The van der Waals surface area contributed by atoms with Crippen molar-refractivity contribution < 1.29 is 23.8 Å². The number of hydrogen-bond donors (Lipinski definition) is 1. The second-order valence-electron chi connectivity index (χ2n) is 4.22. The first-order valence-electron chi connectivity index (χ1n) is 5.79. The van der Waals surface area contributed by atoms with Gasteiger partial charge in [-0.3, -0.25) is 4.79 Å². The monoisotopic (exact) mass is 258 g/mol. The molecular formula is C14H10O5. The molecule has 1 aliphatic rings. The summed E-state index contributed by atoms with van der Waals surface area (Å²) in [5, 5.41) is 8.76. The van der Waals surface area contributed by atoms with Gasteiger partial charge in [0, 0.05) is 12.0 Å². The number of aromatic carboxylic acids is 1. The molecule has 3 rings (SSSR count). The Morgan fingerprint density at radius 1 is 1.11 bits per heavy atom. The molecular weight excluding hydrogens is 248 g/mol. The highest BCUT2D eigenvalue weighted by molar-refractivity contribution is 6.07. The van der Waals surface area contributed by atoms with Crippen molar-refractivity contribution in [1.82, 2.24) is 0 Å². The highest BCUT2D eigenvalue weighted by Gasteiger charge is 2.19.